The summed E-state index contributed by atoms with van der Waals surface area (Å²) in [6.45, 7) is 5.61. The molecule has 0 radical (unpaired) electrons. The predicted octanol–water partition coefficient (Wildman–Crippen LogP) is 4.65. The maximum atomic E-state index is 13.9. The van der Waals surface area contributed by atoms with Crippen LogP contribution >= 0.6 is 0 Å². The Morgan fingerprint density at radius 3 is 2.49 bits per heavy atom. The Kier molecular flexibility index (Phi) is 7.60. The number of esters is 2. The third-order valence-corrected chi connectivity index (χ3v) is 7.10. The number of H-pyrrole nitrogens is 1. The molecule has 1 unspecified atom stereocenters. The molecule has 0 saturated carbocycles. The largest absolute Gasteiger partial charge is 0.465 e. The molecular weight excluding hydrogens is 522 g/mol. The van der Waals surface area contributed by atoms with Crippen molar-refractivity contribution in [2.24, 2.45) is 0 Å². The molecule has 206 valence electrons. The van der Waals surface area contributed by atoms with Crippen LogP contribution in [0.1, 0.15) is 43.6 Å². The Morgan fingerprint density at radius 2 is 1.80 bits per heavy atom. The Hall–Kier alpha value is -5.31. The van der Waals surface area contributed by atoms with Crippen LogP contribution in [0.4, 0.5) is 0 Å². The van der Waals surface area contributed by atoms with Gasteiger partial charge in [-0.2, -0.15) is 0 Å². The van der Waals surface area contributed by atoms with Gasteiger partial charge in [-0.3, -0.25) is 14.6 Å². The van der Waals surface area contributed by atoms with E-state index in [2.05, 4.69) is 16.5 Å². The third-order valence-electron chi connectivity index (χ3n) is 7.10. The van der Waals surface area contributed by atoms with E-state index in [0.29, 0.717) is 17.5 Å². The Morgan fingerprint density at radius 1 is 1.05 bits per heavy atom. The first-order chi connectivity index (χ1) is 19.8. The number of methoxy groups -OCH3 is 1. The molecule has 1 N–H and O–H groups in total. The lowest BCUT2D eigenvalue weighted by molar-refractivity contribution is -0.140. The highest BCUT2D eigenvalue weighted by atomic mass is 16.5. The number of para-hydroxylation sites is 1. The number of carbonyl (C=O) groups is 4. The molecular formula is C32H27N3O6. The van der Waals surface area contributed by atoms with Crippen molar-refractivity contribution < 1.29 is 28.7 Å². The molecule has 0 saturated heterocycles. The van der Waals surface area contributed by atoms with Gasteiger partial charge in [0.25, 0.3) is 5.91 Å². The van der Waals surface area contributed by atoms with Crippen molar-refractivity contribution in [2.45, 2.75) is 19.4 Å². The van der Waals surface area contributed by atoms with E-state index < -0.39 is 29.7 Å². The minimum atomic E-state index is -0.903. The normalized spacial score (nSPS) is 14.8. The van der Waals surface area contributed by atoms with Crippen molar-refractivity contribution in [2.75, 3.05) is 13.7 Å². The lowest BCUT2D eigenvalue weighted by atomic mass is 9.92. The standard InChI is InChI=1S/C32H27N3O6/c1-4-26(36)41-30-27(29(37)22-8-7-16-33-18-22)28(20-11-13-21(14-12-20)32(39)40-3)35(31(30)38)17-15-23-19(2)34-25-10-6-5-9-24(23)25/h4-14,16,18,28,34H,1,15,17H2,2-3H3. The van der Waals surface area contributed by atoms with Crippen LogP contribution in [0.15, 0.2) is 97.0 Å². The topological polar surface area (TPSA) is 119 Å². The number of rotatable bonds is 9. The van der Waals surface area contributed by atoms with Gasteiger partial charge in [-0.05, 0) is 54.8 Å². The number of ketones is 1. The predicted molar refractivity (Wildman–Crippen MR) is 151 cm³/mol. The van der Waals surface area contributed by atoms with Crippen molar-refractivity contribution in [3.63, 3.8) is 0 Å². The van der Waals surface area contributed by atoms with Crippen molar-refractivity contribution in [1.29, 1.82) is 0 Å². The molecule has 1 aliphatic rings. The zero-order valence-electron chi connectivity index (χ0n) is 22.5. The van der Waals surface area contributed by atoms with Gasteiger partial charge < -0.3 is 19.4 Å². The van der Waals surface area contributed by atoms with Gasteiger partial charge in [-0.25, -0.2) is 9.59 Å². The summed E-state index contributed by atoms with van der Waals surface area (Å²) < 4.78 is 10.2. The quantitative estimate of drug-likeness (QED) is 0.183. The molecule has 9 heteroatoms. The maximum Gasteiger partial charge on any atom is 0.337 e. The number of aromatic amines is 1. The number of benzene rings is 2. The summed E-state index contributed by atoms with van der Waals surface area (Å²) in [7, 11) is 1.29. The molecule has 1 atom stereocenters. The first kappa shape index (κ1) is 27.3. The summed E-state index contributed by atoms with van der Waals surface area (Å²) in [6.07, 6.45) is 4.32. The lowest BCUT2D eigenvalue weighted by Crippen LogP contribution is -2.33. The van der Waals surface area contributed by atoms with Crippen LogP contribution in [0, 0.1) is 6.92 Å². The summed E-state index contributed by atoms with van der Waals surface area (Å²) in [6, 6.07) is 16.6. The summed E-state index contributed by atoms with van der Waals surface area (Å²) in [4.78, 5) is 61.2. The second-order valence-electron chi connectivity index (χ2n) is 9.48. The van der Waals surface area contributed by atoms with Gasteiger partial charge in [0.15, 0.2) is 5.78 Å². The Labute approximate surface area is 236 Å². The molecule has 0 fully saturated rings. The number of fused-ring (bicyclic) bond motifs is 1. The third kappa shape index (κ3) is 5.17. The van der Waals surface area contributed by atoms with Gasteiger partial charge in [0.1, 0.15) is 0 Å². The zero-order valence-corrected chi connectivity index (χ0v) is 22.5. The maximum absolute atomic E-state index is 13.9. The number of amides is 1. The smallest absolute Gasteiger partial charge is 0.337 e. The minimum Gasteiger partial charge on any atom is -0.465 e. The fraction of sp³-hybridized carbons (Fsp3) is 0.156. The molecule has 9 nitrogen and oxygen atoms in total. The molecule has 0 aliphatic carbocycles. The summed E-state index contributed by atoms with van der Waals surface area (Å²) in [5.74, 6) is -2.85. The van der Waals surface area contributed by atoms with Gasteiger partial charge in [0.2, 0.25) is 5.76 Å². The van der Waals surface area contributed by atoms with Crippen LogP contribution in [-0.2, 0) is 25.5 Å². The monoisotopic (exact) mass is 549 g/mol. The summed E-state index contributed by atoms with van der Waals surface area (Å²) in [5, 5.41) is 1.04. The molecule has 4 aromatic rings. The average molecular weight is 550 g/mol. The van der Waals surface area contributed by atoms with E-state index in [1.165, 1.54) is 24.4 Å². The summed E-state index contributed by atoms with van der Waals surface area (Å²) in [5.41, 5.74) is 4.07. The number of ether oxygens (including phenoxy) is 2. The van der Waals surface area contributed by atoms with E-state index in [-0.39, 0.29) is 23.4 Å². The molecule has 0 bridgehead atoms. The lowest BCUT2D eigenvalue weighted by Gasteiger charge is -2.27. The molecule has 5 rings (SSSR count). The average Bonchev–Trinajstić information content (AvgIpc) is 3.47. The van der Waals surface area contributed by atoms with Crippen LogP contribution < -0.4 is 0 Å². The van der Waals surface area contributed by atoms with Crippen LogP contribution in [0.3, 0.4) is 0 Å². The van der Waals surface area contributed by atoms with Crippen LogP contribution in [0.2, 0.25) is 0 Å². The molecule has 41 heavy (non-hydrogen) atoms. The summed E-state index contributed by atoms with van der Waals surface area (Å²) >= 11 is 0. The number of aromatic nitrogens is 2. The van der Waals surface area contributed by atoms with E-state index in [1.807, 2.05) is 31.2 Å². The highest BCUT2D eigenvalue weighted by Crippen LogP contribution is 2.41. The minimum absolute atomic E-state index is 0.000309. The Balaban J connectivity index is 1.61. The fourth-order valence-electron chi connectivity index (χ4n) is 5.15. The number of carbonyl (C=O) groups excluding carboxylic acids is 4. The number of hydrogen-bond acceptors (Lipinski definition) is 7. The second kappa shape index (κ2) is 11.4. The number of hydrogen-bond donors (Lipinski definition) is 1. The second-order valence-corrected chi connectivity index (χ2v) is 9.48. The van der Waals surface area contributed by atoms with Crippen molar-refractivity contribution >= 4 is 34.5 Å². The molecule has 2 aromatic carbocycles. The van der Waals surface area contributed by atoms with Crippen molar-refractivity contribution in [3.8, 4) is 0 Å². The van der Waals surface area contributed by atoms with Gasteiger partial charge in [-0.15, -0.1) is 0 Å². The molecule has 1 aliphatic heterocycles. The van der Waals surface area contributed by atoms with Gasteiger partial charge >= 0.3 is 11.9 Å². The van der Waals surface area contributed by atoms with Crippen molar-refractivity contribution in [3.05, 3.63) is 125 Å². The zero-order chi connectivity index (χ0) is 29.1. The van der Waals surface area contributed by atoms with E-state index in [1.54, 1.807) is 36.4 Å². The first-order valence-corrected chi connectivity index (χ1v) is 12.9. The van der Waals surface area contributed by atoms with E-state index >= 15 is 0 Å². The SMILES string of the molecule is C=CC(=O)OC1=C(C(=O)c2cccnc2)C(c2ccc(C(=O)OC)cc2)N(CCc2c(C)[nH]c3ccccc23)C1=O. The van der Waals surface area contributed by atoms with Crippen LogP contribution in [0.5, 0.6) is 0 Å². The van der Waals surface area contributed by atoms with E-state index in [4.69, 9.17) is 9.47 Å². The Bertz CT molecular complexity index is 1700. The first-order valence-electron chi connectivity index (χ1n) is 12.9. The number of nitrogens with zero attached hydrogens (tertiary/aromatic N) is 2. The van der Waals surface area contributed by atoms with Crippen LogP contribution in [-0.4, -0.2) is 52.2 Å². The van der Waals surface area contributed by atoms with E-state index in [0.717, 1.165) is 28.2 Å². The number of Topliss-reactive ketones (excluding diaryl/α,β-unsaturated/α-hetero) is 1. The molecule has 2 aromatic heterocycles. The number of pyridine rings is 1. The van der Waals surface area contributed by atoms with Gasteiger partial charge in [0.05, 0.1) is 24.3 Å². The van der Waals surface area contributed by atoms with Crippen molar-refractivity contribution in [1.82, 2.24) is 14.9 Å². The highest BCUT2D eigenvalue weighted by Gasteiger charge is 2.45. The highest BCUT2D eigenvalue weighted by molar-refractivity contribution is 6.16. The van der Waals surface area contributed by atoms with Crippen LogP contribution in [0.25, 0.3) is 10.9 Å². The molecule has 0 spiro atoms. The fourth-order valence-corrected chi connectivity index (χ4v) is 5.15. The van der Waals surface area contributed by atoms with Gasteiger partial charge in [-0.1, -0.05) is 36.9 Å². The number of nitrogens with one attached hydrogen (secondary N) is 1. The van der Waals surface area contributed by atoms with E-state index in [9.17, 15) is 19.2 Å². The molecule has 3 heterocycles. The molecule has 1 amide bonds. The number of aryl methyl sites for hydroxylation is 1. The van der Waals surface area contributed by atoms with Gasteiger partial charge in [0, 0.05) is 47.2 Å².